The van der Waals surface area contributed by atoms with Crippen molar-refractivity contribution in [3.8, 4) is 0 Å². The molecule has 0 saturated heterocycles. The van der Waals surface area contributed by atoms with Gasteiger partial charge in [0.1, 0.15) is 18.4 Å². The molecule has 1 N–H and O–H groups in total. The molecule has 0 radical (unpaired) electrons. The minimum absolute atomic E-state index is 0.0335. The minimum Gasteiger partial charge on any atom is -0.355 e. The molecular weight excluding hydrogens is 552 g/mol. The molecule has 3 aromatic rings. The molecule has 0 heterocycles. The van der Waals surface area contributed by atoms with Crippen molar-refractivity contribution in [3.63, 3.8) is 0 Å². The van der Waals surface area contributed by atoms with Crippen LogP contribution in [0.5, 0.6) is 0 Å². The monoisotopic (exact) mass is 579 g/mol. The summed E-state index contributed by atoms with van der Waals surface area (Å²) in [4.78, 5) is 27.7. The van der Waals surface area contributed by atoms with Crippen LogP contribution in [0.3, 0.4) is 0 Å². The van der Waals surface area contributed by atoms with Crippen molar-refractivity contribution in [2.45, 2.75) is 38.3 Å². The Kier molecular flexibility index (Phi) is 9.76. The molecule has 2 amide bonds. The maximum absolute atomic E-state index is 13.8. The first kappa shape index (κ1) is 29.4. The summed E-state index contributed by atoms with van der Waals surface area (Å²) >= 11 is 12.3. The number of carbonyl (C=O) groups excluding carboxylic acids is 2. The van der Waals surface area contributed by atoms with E-state index in [0.29, 0.717) is 12.1 Å². The number of likely N-dealkylation sites (N-methyl/N-ethyl adjacent to an activating group) is 1. The number of hydrogen-bond acceptors (Lipinski definition) is 4. The number of nitrogens with zero attached hydrogens (tertiary/aromatic N) is 2. The second-order valence-electron chi connectivity index (χ2n) is 8.67. The average Bonchev–Trinajstić information content (AvgIpc) is 2.86. The summed E-state index contributed by atoms with van der Waals surface area (Å²) in [6.07, 6.45) is 0. The summed E-state index contributed by atoms with van der Waals surface area (Å²) in [6, 6.07) is 15.0. The van der Waals surface area contributed by atoms with Gasteiger partial charge in [0.2, 0.25) is 11.8 Å². The third kappa shape index (κ3) is 7.24. The molecule has 0 spiro atoms. The SMILES string of the molecule is CCNC(=O)[C@@H](C)N(Cc1ccc(F)cc1)C(=O)CN(c1cc(Cl)cc(Cl)c1)S(=O)(=O)c1ccc(C)cc1. The highest BCUT2D eigenvalue weighted by atomic mass is 35.5. The van der Waals surface area contributed by atoms with Gasteiger partial charge in [-0.25, -0.2) is 12.8 Å². The molecule has 11 heteroatoms. The predicted molar refractivity (Wildman–Crippen MR) is 147 cm³/mol. The van der Waals surface area contributed by atoms with Crippen LogP contribution in [0, 0.1) is 12.7 Å². The Bertz CT molecular complexity index is 1380. The lowest BCUT2D eigenvalue weighted by Gasteiger charge is -2.32. The number of aryl methyl sites for hydroxylation is 1. The lowest BCUT2D eigenvalue weighted by molar-refractivity contribution is -0.139. The number of sulfonamides is 1. The molecule has 0 unspecified atom stereocenters. The summed E-state index contributed by atoms with van der Waals surface area (Å²) in [5, 5.41) is 3.04. The van der Waals surface area contributed by atoms with Crippen LogP contribution in [0.25, 0.3) is 0 Å². The second-order valence-corrected chi connectivity index (χ2v) is 11.4. The summed E-state index contributed by atoms with van der Waals surface area (Å²) in [5.41, 5.74) is 1.51. The van der Waals surface area contributed by atoms with Crippen LogP contribution in [-0.4, -0.2) is 44.3 Å². The highest BCUT2D eigenvalue weighted by molar-refractivity contribution is 7.92. The molecule has 202 valence electrons. The third-order valence-corrected chi connectivity index (χ3v) is 8.03. The Morgan fingerprint density at radius 3 is 2.11 bits per heavy atom. The maximum atomic E-state index is 13.8. The van der Waals surface area contributed by atoms with Gasteiger partial charge < -0.3 is 10.2 Å². The smallest absolute Gasteiger partial charge is 0.264 e. The van der Waals surface area contributed by atoms with E-state index < -0.39 is 40.2 Å². The quantitative estimate of drug-likeness (QED) is 0.358. The van der Waals surface area contributed by atoms with Crippen molar-refractivity contribution in [2.75, 3.05) is 17.4 Å². The van der Waals surface area contributed by atoms with Gasteiger partial charge in [0, 0.05) is 23.1 Å². The zero-order valence-corrected chi connectivity index (χ0v) is 23.4. The predicted octanol–water partition coefficient (Wildman–Crippen LogP) is 5.19. The first-order chi connectivity index (χ1) is 17.9. The summed E-state index contributed by atoms with van der Waals surface area (Å²) in [7, 11) is -4.25. The summed E-state index contributed by atoms with van der Waals surface area (Å²) in [6.45, 7) is 4.77. The van der Waals surface area contributed by atoms with Gasteiger partial charge in [-0.2, -0.15) is 0 Å². The number of amides is 2. The van der Waals surface area contributed by atoms with Crippen LogP contribution in [-0.2, 0) is 26.2 Å². The van der Waals surface area contributed by atoms with E-state index in [1.165, 1.54) is 59.5 Å². The van der Waals surface area contributed by atoms with Crippen LogP contribution >= 0.6 is 23.2 Å². The molecule has 0 aliphatic carbocycles. The van der Waals surface area contributed by atoms with Gasteiger partial charge in [-0.15, -0.1) is 0 Å². The fraction of sp³-hybridized carbons (Fsp3) is 0.259. The number of anilines is 1. The van der Waals surface area contributed by atoms with Crippen molar-refractivity contribution < 1.29 is 22.4 Å². The number of carbonyl (C=O) groups is 2. The van der Waals surface area contributed by atoms with Crippen LogP contribution in [0.2, 0.25) is 10.0 Å². The van der Waals surface area contributed by atoms with Crippen LogP contribution in [0.1, 0.15) is 25.0 Å². The molecule has 0 aliphatic heterocycles. The van der Waals surface area contributed by atoms with Gasteiger partial charge in [-0.3, -0.25) is 13.9 Å². The van der Waals surface area contributed by atoms with Crippen LogP contribution in [0.4, 0.5) is 10.1 Å². The van der Waals surface area contributed by atoms with Crippen molar-refractivity contribution in [3.05, 3.63) is 93.7 Å². The van der Waals surface area contributed by atoms with Gasteiger partial charge >= 0.3 is 0 Å². The molecule has 3 aromatic carbocycles. The zero-order chi connectivity index (χ0) is 28.0. The molecule has 0 aromatic heterocycles. The van der Waals surface area contributed by atoms with Gasteiger partial charge in [0.25, 0.3) is 10.0 Å². The number of nitrogens with one attached hydrogen (secondary N) is 1. The second kappa shape index (κ2) is 12.6. The van der Waals surface area contributed by atoms with Gasteiger partial charge in [0.15, 0.2) is 0 Å². The number of benzene rings is 3. The first-order valence-electron chi connectivity index (χ1n) is 11.8. The van der Waals surface area contributed by atoms with Crippen molar-refractivity contribution in [1.82, 2.24) is 10.2 Å². The molecule has 0 saturated carbocycles. The normalized spacial score (nSPS) is 12.1. The fourth-order valence-electron chi connectivity index (χ4n) is 3.74. The van der Waals surface area contributed by atoms with Crippen LogP contribution < -0.4 is 9.62 Å². The summed E-state index contributed by atoms with van der Waals surface area (Å²) in [5.74, 6) is -1.52. The molecule has 0 aliphatic rings. The van der Waals surface area contributed by atoms with Crippen molar-refractivity contribution in [2.24, 2.45) is 0 Å². The highest BCUT2D eigenvalue weighted by Gasteiger charge is 2.32. The number of rotatable bonds is 10. The standard InChI is InChI=1S/C27H28Cl2FN3O4S/c1-4-31-27(35)19(3)32(16-20-7-9-23(30)10-8-20)26(34)17-33(24-14-21(28)13-22(29)15-24)38(36,37)25-11-5-18(2)6-12-25/h5-15,19H,4,16-17H2,1-3H3,(H,31,35)/t19-/m1/s1. The highest BCUT2D eigenvalue weighted by Crippen LogP contribution is 2.30. The average molecular weight is 581 g/mol. The van der Waals surface area contributed by atoms with E-state index in [0.717, 1.165) is 9.87 Å². The Labute approximate surface area is 232 Å². The topological polar surface area (TPSA) is 86.8 Å². The van der Waals surface area contributed by atoms with E-state index in [1.807, 2.05) is 6.92 Å². The zero-order valence-electron chi connectivity index (χ0n) is 21.1. The molecule has 1 atom stereocenters. The fourth-order valence-corrected chi connectivity index (χ4v) is 5.65. The molecular formula is C27H28Cl2FN3O4S. The van der Waals surface area contributed by atoms with E-state index in [-0.39, 0.29) is 27.2 Å². The summed E-state index contributed by atoms with van der Waals surface area (Å²) < 4.78 is 41.9. The Balaban J connectivity index is 2.06. The lowest BCUT2D eigenvalue weighted by Crippen LogP contribution is -2.51. The van der Waals surface area contributed by atoms with Gasteiger partial charge in [-0.1, -0.05) is 53.0 Å². The molecule has 7 nitrogen and oxygen atoms in total. The lowest BCUT2D eigenvalue weighted by atomic mass is 10.1. The van der Waals surface area contributed by atoms with Crippen molar-refractivity contribution >= 4 is 50.7 Å². The third-order valence-electron chi connectivity index (χ3n) is 5.81. The van der Waals surface area contributed by atoms with Gasteiger partial charge in [-0.05, 0) is 68.8 Å². The van der Waals surface area contributed by atoms with E-state index in [2.05, 4.69) is 5.32 Å². The van der Waals surface area contributed by atoms with Gasteiger partial charge in [0.05, 0.1) is 10.6 Å². The molecule has 38 heavy (non-hydrogen) atoms. The molecule has 0 bridgehead atoms. The minimum atomic E-state index is -4.25. The Hall–Kier alpha value is -3.14. The number of hydrogen-bond donors (Lipinski definition) is 1. The van der Waals surface area contributed by atoms with E-state index >= 15 is 0 Å². The maximum Gasteiger partial charge on any atom is 0.264 e. The molecule has 0 fully saturated rings. The van der Waals surface area contributed by atoms with E-state index in [1.54, 1.807) is 26.0 Å². The largest absolute Gasteiger partial charge is 0.355 e. The van der Waals surface area contributed by atoms with Crippen LogP contribution in [0.15, 0.2) is 71.6 Å². The Morgan fingerprint density at radius 2 is 1.55 bits per heavy atom. The first-order valence-corrected chi connectivity index (χ1v) is 14.0. The number of halogens is 3. The van der Waals surface area contributed by atoms with E-state index in [4.69, 9.17) is 23.2 Å². The van der Waals surface area contributed by atoms with E-state index in [9.17, 15) is 22.4 Å². The Morgan fingerprint density at radius 1 is 0.974 bits per heavy atom. The molecule has 3 rings (SSSR count). The van der Waals surface area contributed by atoms with Crippen molar-refractivity contribution in [1.29, 1.82) is 0 Å².